The Hall–Kier alpha value is -2.70. The van der Waals surface area contributed by atoms with Crippen molar-refractivity contribution >= 4 is 11.9 Å². The van der Waals surface area contributed by atoms with Crippen molar-refractivity contribution < 1.29 is 23.9 Å². The predicted molar refractivity (Wildman–Crippen MR) is 123 cm³/mol. The van der Waals surface area contributed by atoms with Gasteiger partial charge in [0.2, 0.25) is 0 Å². The lowest BCUT2D eigenvalue weighted by Gasteiger charge is -2.22. The van der Waals surface area contributed by atoms with Crippen LogP contribution in [0.5, 0.6) is 0 Å². The van der Waals surface area contributed by atoms with Crippen LogP contribution in [-0.2, 0) is 30.5 Å². The first kappa shape index (κ1) is 25.6. The third kappa shape index (κ3) is 10.1. The van der Waals surface area contributed by atoms with Crippen LogP contribution in [0.2, 0.25) is 0 Å². The number of ether oxygens (including phenoxy) is 2. The van der Waals surface area contributed by atoms with Gasteiger partial charge in [-0.05, 0) is 51.7 Å². The Bertz CT molecular complexity index is 817. The molecule has 2 atom stereocenters. The van der Waals surface area contributed by atoms with E-state index in [-0.39, 0.29) is 12.5 Å². The number of rotatable bonds is 12. The zero-order valence-electron chi connectivity index (χ0n) is 19.5. The minimum absolute atomic E-state index is 0.0316. The summed E-state index contributed by atoms with van der Waals surface area (Å²) >= 11 is 0. The van der Waals surface area contributed by atoms with Gasteiger partial charge in [0.25, 0.3) is 0 Å². The Kier molecular flexibility index (Phi) is 10.4. The topological polar surface area (TPSA) is 73.9 Å². The van der Waals surface area contributed by atoms with Crippen LogP contribution in [0.1, 0.15) is 64.1 Å². The van der Waals surface area contributed by atoms with Gasteiger partial charge in [0.1, 0.15) is 5.60 Å². The number of carbonyl (C=O) groups excluding carboxylic acids is 2. The van der Waals surface area contributed by atoms with Crippen LogP contribution in [0, 0.1) is 5.92 Å². The Balaban J connectivity index is 1.85. The second-order valence-corrected chi connectivity index (χ2v) is 8.84. The summed E-state index contributed by atoms with van der Waals surface area (Å²) in [6.07, 6.45) is 1.06. The maximum Gasteiger partial charge on any atom is 0.328 e. The monoisotopic (exact) mass is 441 g/mol. The van der Waals surface area contributed by atoms with E-state index in [9.17, 15) is 9.59 Å². The SMILES string of the molecule is CC(NOC(=O)C(CCCOCc1ccccc1)CC(=O)OC(C)(C)C)c1ccccc1. The Morgan fingerprint density at radius 1 is 0.969 bits per heavy atom. The summed E-state index contributed by atoms with van der Waals surface area (Å²) in [4.78, 5) is 30.4. The predicted octanol–water partition coefficient (Wildman–Crippen LogP) is 5.14. The second-order valence-electron chi connectivity index (χ2n) is 8.84. The molecule has 0 amide bonds. The Morgan fingerprint density at radius 2 is 1.59 bits per heavy atom. The van der Waals surface area contributed by atoms with E-state index in [1.165, 1.54) is 0 Å². The molecule has 0 saturated heterocycles. The maximum absolute atomic E-state index is 12.7. The summed E-state index contributed by atoms with van der Waals surface area (Å²) < 4.78 is 11.1. The lowest BCUT2D eigenvalue weighted by atomic mass is 9.99. The molecule has 0 spiro atoms. The number of nitrogens with one attached hydrogen (secondary N) is 1. The van der Waals surface area contributed by atoms with E-state index in [0.29, 0.717) is 26.1 Å². The van der Waals surface area contributed by atoms with Crippen LogP contribution < -0.4 is 5.48 Å². The van der Waals surface area contributed by atoms with E-state index in [2.05, 4.69) is 5.48 Å². The standard InChI is InChI=1S/C26H35NO5/c1-20(22-14-9-6-10-15-22)27-32-25(29)23(18-24(28)31-26(2,3)4)16-11-17-30-19-21-12-7-5-8-13-21/h5-10,12-15,20,23,27H,11,16-19H2,1-4H3. The van der Waals surface area contributed by atoms with E-state index in [1.54, 1.807) is 20.8 Å². The highest BCUT2D eigenvalue weighted by atomic mass is 16.7. The molecule has 0 aliphatic carbocycles. The molecular formula is C26H35NO5. The minimum Gasteiger partial charge on any atom is -0.460 e. The number of benzene rings is 2. The van der Waals surface area contributed by atoms with Crippen LogP contribution in [0.4, 0.5) is 0 Å². The van der Waals surface area contributed by atoms with Gasteiger partial charge in [-0.25, -0.2) is 0 Å². The molecule has 0 radical (unpaired) electrons. The third-order valence-corrected chi connectivity index (χ3v) is 4.76. The van der Waals surface area contributed by atoms with Crippen molar-refractivity contribution in [3.63, 3.8) is 0 Å². The molecule has 0 aliphatic rings. The molecule has 2 unspecified atom stereocenters. The largest absolute Gasteiger partial charge is 0.460 e. The molecule has 1 N–H and O–H groups in total. The van der Waals surface area contributed by atoms with E-state index in [1.807, 2.05) is 67.6 Å². The number of hydrogen-bond acceptors (Lipinski definition) is 6. The first-order chi connectivity index (χ1) is 15.2. The van der Waals surface area contributed by atoms with Gasteiger partial charge in [-0.1, -0.05) is 60.7 Å². The fourth-order valence-electron chi connectivity index (χ4n) is 3.12. The van der Waals surface area contributed by atoms with Crippen molar-refractivity contribution in [2.24, 2.45) is 5.92 Å². The molecule has 6 heteroatoms. The summed E-state index contributed by atoms with van der Waals surface area (Å²) in [7, 11) is 0. The summed E-state index contributed by atoms with van der Waals surface area (Å²) in [5, 5.41) is 0. The fourth-order valence-corrected chi connectivity index (χ4v) is 3.12. The van der Waals surface area contributed by atoms with Crippen molar-refractivity contribution in [3.05, 3.63) is 71.8 Å². The maximum atomic E-state index is 12.7. The van der Waals surface area contributed by atoms with Crippen molar-refractivity contribution in [2.45, 2.75) is 65.2 Å². The van der Waals surface area contributed by atoms with Crippen molar-refractivity contribution in [2.75, 3.05) is 6.61 Å². The van der Waals surface area contributed by atoms with Crippen LogP contribution in [-0.4, -0.2) is 24.1 Å². The molecule has 6 nitrogen and oxygen atoms in total. The van der Waals surface area contributed by atoms with Crippen LogP contribution in [0.15, 0.2) is 60.7 Å². The number of hydrogen-bond donors (Lipinski definition) is 1. The van der Waals surface area contributed by atoms with Gasteiger partial charge in [0.15, 0.2) is 0 Å². The molecule has 0 bridgehead atoms. The molecule has 2 rings (SSSR count). The third-order valence-electron chi connectivity index (χ3n) is 4.76. The van der Waals surface area contributed by atoms with Gasteiger partial charge in [0.05, 0.1) is 25.0 Å². The normalized spacial score (nSPS) is 13.2. The second kappa shape index (κ2) is 13.0. The van der Waals surface area contributed by atoms with Crippen molar-refractivity contribution in [1.82, 2.24) is 5.48 Å². The number of carbonyl (C=O) groups is 2. The summed E-state index contributed by atoms with van der Waals surface area (Å²) in [5.74, 6) is -1.50. The smallest absolute Gasteiger partial charge is 0.328 e. The van der Waals surface area contributed by atoms with Crippen molar-refractivity contribution in [1.29, 1.82) is 0 Å². The molecule has 32 heavy (non-hydrogen) atoms. The van der Waals surface area contributed by atoms with E-state index < -0.39 is 23.5 Å². The molecular weight excluding hydrogens is 406 g/mol. The van der Waals surface area contributed by atoms with Gasteiger partial charge >= 0.3 is 11.9 Å². The van der Waals surface area contributed by atoms with Gasteiger partial charge in [-0.3, -0.25) is 9.59 Å². The quantitative estimate of drug-likeness (QED) is 0.279. The van der Waals surface area contributed by atoms with Crippen LogP contribution in [0.25, 0.3) is 0 Å². The van der Waals surface area contributed by atoms with Gasteiger partial charge < -0.3 is 14.3 Å². The fraction of sp³-hybridized carbons (Fsp3) is 0.462. The van der Waals surface area contributed by atoms with Gasteiger partial charge in [0, 0.05) is 6.61 Å². The summed E-state index contributed by atoms with van der Waals surface area (Å²) in [6, 6.07) is 19.4. The average molecular weight is 442 g/mol. The van der Waals surface area contributed by atoms with E-state index >= 15 is 0 Å². The lowest BCUT2D eigenvalue weighted by Crippen LogP contribution is -2.31. The van der Waals surface area contributed by atoms with Crippen LogP contribution >= 0.6 is 0 Å². The highest BCUT2D eigenvalue weighted by molar-refractivity contribution is 5.80. The Morgan fingerprint density at radius 3 is 2.22 bits per heavy atom. The molecule has 2 aromatic carbocycles. The van der Waals surface area contributed by atoms with Gasteiger partial charge in [-0.15, -0.1) is 5.48 Å². The zero-order chi connectivity index (χ0) is 23.4. The van der Waals surface area contributed by atoms with E-state index in [0.717, 1.165) is 11.1 Å². The highest BCUT2D eigenvalue weighted by Crippen LogP contribution is 2.19. The molecule has 0 aromatic heterocycles. The summed E-state index contributed by atoms with van der Waals surface area (Å²) in [5.41, 5.74) is 4.28. The molecule has 0 fully saturated rings. The van der Waals surface area contributed by atoms with Crippen molar-refractivity contribution in [3.8, 4) is 0 Å². The highest BCUT2D eigenvalue weighted by Gasteiger charge is 2.27. The number of esters is 1. The van der Waals surface area contributed by atoms with Gasteiger partial charge in [-0.2, -0.15) is 0 Å². The average Bonchev–Trinajstić information content (AvgIpc) is 2.76. The molecule has 2 aromatic rings. The molecule has 174 valence electrons. The minimum atomic E-state index is -0.611. The number of hydroxylamine groups is 1. The molecule has 0 saturated carbocycles. The zero-order valence-corrected chi connectivity index (χ0v) is 19.5. The lowest BCUT2D eigenvalue weighted by molar-refractivity contribution is -0.166. The molecule has 0 aliphatic heterocycles. The van der Waals surface area contributed by atoms with E-state index in [4.69, 9.17) is 14.3 Å². The van der Waals surface area contributed by atoms with Crippen LogP contribution in [0.3, 0.4) is 0 Å². The Labute approximate surface area is 191 Å². The molecule has 0 heterocycles. The first-order valence-corrected chi connectivity index (χ1v) is 11.1. The summed E-state index contributed by atoms with van der Waals surface area (Å²) in [6.45, 7) is 8.32. The first-order valence-electron chi connectivity index (χ1n) is 11.1.